The summed E-state index contributed by atoms with van der Waals surface area (Å²) < 4.78 is 26.1. The topological polar surface area (TPSA) is 110 Å². The molecular formula is C24H33N3O5S. The van der Waals surface area contributed by atoms with Crippen LogP contribution in [0.3, 0.4) is 0 Å². The van der Waals surface area contributed by atoms with Crippen LogP contribution in [0.25, 0.3) is 0 Å². The summed E-state index contributed by atoms with van der Waals surface area (Å²) in [5, 5.41) is 14.1. The molecule has 2 aromatic carbocycles. The van der Waals surface area contributed by atoms with Gasteiger partial charge in [-0.3, -0.25) is 19.2 Å². The minimum atomic E-state index is -3.70. The maximum absolute atomic E-state index is 12.5. The fourth-order valence-electron chi connectivity index (χ4n) is 3.57. The van der Waals surface area contributed by atoms with Crippen LogP contribution in [0, 0.1) is 23.0 Å². The van der Waals surface area contributed by atoms with Crippen LogP contribution in [0.4, 0.5) is 11.4 Å². The molecule has 33 heavy (non-hydrogen) atoms. The van der Waals surface area contributed by atoms with Crippen LogP contribution >= 0.6 is 0 Å². The Labute approximate surface area is 196 Å². The van der Waals surface area contributed by atoms with Crippen LogP contribution < -0.4 is 9.62 Å². The number of unbranched alkanes of at least 4 members (excludes halogenated alkanes) is 1. The van der Waals surface area contributed by atoms with Gasteiger partial charge in [-0.15, -0.1) is 0 Å². The van der Waals surface area contributed by atoms with E-state index in [-0.39, 0.29) is 23.8 Å². The molecular weight excluding hydrogens is 442 g/mol. The highest BCUT2D eigenvalue weighted by Crippen LogP contribution is 2.29. The minimum absolute atomic E-state index is 0.00231. The van der Waals surface area contributed by atoms with Crippen molar-refractivity contribution in [1.82, 2.24) is 5.32 Å². The van der Waals surface area contributed by atoms with Gasteiger partial charge in [0.25, 0.3) is 11.6 Å². The van der Waals surface area contributed by atoms with Crippen LogP contribution in [0.15, 0.2) is 42.5 Å². The predicted octanol–water partition coefficient (Wildman–Crippen LogP) is 4.82. The van der Waals surface area contributed by atoms with Crippen molar-refractivity contribution in [2.45, 2.75) is 53.0 Å². The van der Waals surface area contributed by atoms with Crippen molar-refractivity contribution in [2.75, 3.05) is 17.1 Å². The zero-order chi connectivity index (χ0) is 24.6. The fraction of sp³-hybridized carbons (Fsp3) is 0.458. The molecule has 0 heterocycles. The minimum Gasteiger partial charge on any atom is -0.352 e. The third-order valence-electron chi connectivity index (χ3n) is 5.71. The van der Waals surface area contributed by atoms with E-state index in [1.54, 1.807) is 31.2 Å². The first-order chi connectivity index (χ1) is 15.6. The number of sulfonamides is 1. The van der Waals surface area contributed by atoms with Gasteiger partial charge in [0.15, 0.2) is 0 Å². The van der Waals surface area contributed by atoms with E-state index >= 15 is 0 Å². The molecule has 0 aliphatic carbocycles. The van der Waals surface area contributed by atoms with E-state index in [4.69, 9.17) is 0 Å². The molecule has 0 fully saturated rings. The molecule has 2 aromatic rings. The molecule has 0 saturated heterocycles. The van der Waals surface area contributed by atoms with Crippen LogP contribution in [0.5, 0.6) is 0 Å². The van der Waals surface area contributed by atoms with Gasteiger partial charge >= 0.3 is 0 Å². The molecule has 0 aliphatic heterocycles. The van der Waals surface area contributed by atoms with Crippen LogP contribution in [-0.4, -0.2) is 32.0 Å². The average Bonchev–Trinajstić information content (AvgIpc) is 2.77. The highest BCUT2D eigenvalue weighted by Gasteiger charge is 2.22. The van der Waals surface area contributed by atoms with E-state index < -0.39 is 14.9 Å². The van der Waals surface area contributed by atoms with Gasteiger partial charge in [0.05, 0.1) is 23.4 Å². The lowest BCUT2D eigenvalue weighted by Crippen LogP contribution is -2.30. The Morgan fingerprint density at radius 2 is 1.82 bits per heavy atom. The molecule has 0 aromatic heterocycles. The van der Waals surface area contributed by atoms with Crippen LogP contribution in [0.2, 0.25) is 0 Å². The largest absolute Gasteiger partial charge is 0.352 e. The van der Waals surface area contributed by atoms with Gasteiger partial charge in [-0.1, -0.05) is 51.3 Å². The van der Waals surface area contributed by atoms with Gasteiger partial charge in [0.2, 0.25) is 10.0 Å². The van der Waals surface area contributed by atoms with Crippen molar-refractivity contribution in [3.05, 3.63) is 69.3 Å². The van der Waals surface area contributed by atoms with E-state index in [0.29, 0.717) is 29.2 Å². The molecule has 1 unspecified atom stereocenters. The quantitative estimate of drug-likeness (QED) is 0.350. The number of nitro benzene ring substituents is 1. The second-order valence-corrected chi connectivity index (χ2v) is 10.2. The number of nitrogens with one attached hydrogen (secondary N) is 1. The number of anilines is 1. The summed E-state index contributed by atoms with van der Waals surface area (Å²) in [6.45, 7) is 6.60. The summed E-state index contributed by atoms with van der Waals surface area (Å²) in [5.41, 5.74) is 1.85. The highest BCUT2D eigenvalue weighted by molar-refractivity contribution is 7.92. The van der Waals surface area contributed by atoms with Crippen LogP contribution in [0.1, 0.15) is 61.0 Å². The lowest BCUT2D eigenvalue weighted by Gasteiger charge is -2.24. The molecule has 0 spiro atoms. The van der Waals surface area contributed by atoms with Crippen LogP contribution in [-0.2, 0) is 16.6 Å². The molecule has 0 saturated carbocycles. The van der Waals surface area contributed by atoms with Gasteiger partial charge in [-0.25, -0.2) is 8.42 Å². The fourth-order valence-corrected chi connectivity index (χ4v) is 4.51. The maximum Gasteiger partial charge on any atom is 0.271 e. The van der Waals surface area contributed by atoms with Gasteiger partial charge in [-0.05, 0) is 42.5 Å². The first kappa shape index (κ1) is 26.3. The summed E-state index contributed by atoms with van der Waals surface area (Å²) in [6.07, 6.45) is 5.44. The number of benzene rings is 2. The zero-order valence-corrected chi connectivity index (χ0v) is 20.5. The normalized spacial score (nSPS) is 12.2. The van der Waals surface area contributed by atoms with Crippen molar-refractivity contribution < 1.29 is 18.1 Å². The van der Waals surface area contributed by atoms with Gasteiger partial charge in [0, 0.05) is 24.2 Å². The highest BCUT2D eigenvalue weighted by atomic mass is 32.2. The predicted molar refractivity (Wildman–Crippen MR) is 131 cm³/mol. The Morgan fingerprint density at radius 3 is 2.36 bits per heavy atom. The Balaban J connectivity index is 2.16. The Bertz CT molecular complexity index is 1070. The van der Waals surface area contributed by atoms with Crippen molar-refractivity contribution >= 4 is 27.3 Å². The third-order valence-corrected chi connectivity index (χ3v) is 6.84. The SMILES string of the molecule is CCCCC(CC)CNC(=O)c1ccc(CN(c2cc([N+](=O)[O-])ccc2C)S(C)(=O)=O)cc1. The summed E-state index contributed by atoms with van der Waals surface area (Å²) in [6, 6.07) is 10.9. The molecule has 9 heteroatoms. The molecule has 0 aliphatic rings. The standard InChI is InChI=1S/C24H33N3O5S/c1-5-7-8-19(6-2)16-25-24(28)21-12-10-20(11-13-21)17-26(33(4,31)32)23-15-22(27(29)30)14-9-18(23)3/h9-15,19H,5-8,16-17H2,1-4H3,(H,25,28). The lowest BCUT2D eigenvalue weighted by atomic mass is 9.99. The zero-order valence-electron chi connectivity index (χ0n) is 19.7. The first-order valence-corrected chi connectivity index (χ1v) is 13.0. The number of rotatable bonds is 12. The third kappa shape index (κ3) is 7.56. The van der Waals surface area contributed by atoms with Crippen molar-refractivity contribution in [1.29, 1.82) is 0 Å². The molecule has 1 amide bonds. The molecule has 0 radical (unpaired) electrons. The number of hydrogen-bond acceptors (Lipinski definition) is 5. The second-order valence-electron chi connectivity index (χ2n) is 8.32. The summed E-state index contributed by atoms with van der Waals surface area (Å²) in [7, 11) is -3.70. The van der Waals surface area contributed by atoms with Crippen molar-refractivity contribution in [2.24, 2.45) is 5.92 Å². The van der Waals surface area contributed by atoms with Crippen molar-refractivity contribution in [3.8, 4) is 0 Å². The molecule has 1 atom stereocenters. The Hall–Kier alpha value is -2.94. The van der Waals surface area contributed by atoms with E-state index in [9.17, 15) is 23.3 Å². The Morgan fingerprint density at radius 1 is 1.15 bits per heavy atom. The molecule has 0 bridgehead atoms. The molecule has 8 nitrogen and oxygen atoms in total. The van der Waals surface area contributed by atoms with Gasteiger partial charge in [-0.2, -0.15) is 0 Å². The maximum atomic E-state index is 12.5. The first-order valence-electron chi connectivity index (χ1n) is 11.2. The number of non-ortho nitro benzene ring substituents is 1. The number of nitrogens with zero attached hydrogens (tertiary/aromatic N) is 2. The van der Waals surface area contributed by atoms with Gasteiger partial charge < -0.3 is 5.32 Å². The molecule has 1 N–H and O–H groups in total. The average molecular weight is 476 g/mol. The van der Waals surface area contributed by atoms with Crippen molar-refractivity contribution in [3.63, 3.8) is 0 Å². The summed E-state index contributed by atoms with van der Waals surface area (Å²) >= 11 is 0. The Kier molecular flexibility index (Phi) is 9.40. The number of nitro groups is 1. The summed E-state index contributed by atoms with van der Waals surface area (Å²) in [4.78, 5) is 23.1. The number of amides is 1. The van der Waals surface area contributed by atoms with E-state index in [2.05, 4.69) is 19.2 Å². The number of aryl methyl sites for hydroxylation is 1. The number of carbonyl (C=O) groups is 1. The van der Waals surface area contributed by atoms with E-state index in [1.165, 1.54) is 18.2 Å². The second kappa shape index (κ2) is 11.8. The smallest absolute Gasteiger partial charge is 0.271 e. The number of carbonyl (C=O) groups excluding carboxylic acids is 1. The lowest BCUT2D eigenvalue weighted by molar-refractivity contribution is -0.384. The molecule has 2 rings (SSSR count). The van der Waals surface area contributed by atoms with E-state index in [1.807, 2.05) is 0 Å². The monoisotopic (exact) mass is 475 g/mol. The number of hydrogen-bond donors (Lipinski definition) is 1. The van der Waals surface area contributed by atoms with E-state index in [0.717, 1.165) is 36.2 Å². The summed E-state index contributed by atoms with van der Waals surface area (Å²) in [5.74, 6) is 0.292. The van der Waals surface area contributed by atoms with Gasteiger partial charge in [0.1, 0.15) is 0 Å². The molecule has 180 valence electrons.